The summed E-state index contributed by atoms with van der Waals surface area (Å²) in [4.78, 5) is 37.1. The van der Waals surface area contributed by atoms with Crippen LogP contribution in [0.4, 0.5) is 4.39 Å². The molecule has 1 fully saturated rings. The zero-order chi connectivity index (χ0) is 29.9. The van der Waals surface area contributed by atoms with Crippen LogP contribution in [0.2, 0.25) is 0 Å². The van der Waals surface area contributed by atoms with Gasteiger partial charge in [0.05, 0.1) is 22.6 Å². The van der Waals surface area contributed by atoms with Crippen molar-refractivity contribution in [1.82, 2.24) is 19.4 Å². The molecule has 42 heavy (non-hydrogen) atoms. The van der Waals surface area contributed by atoms with E-state index < -0.39 is 6.04 Å². The number of nitrogens with zero attached hydrogens (tertiary/aromatic N) is 4. The molecule has 2 heterocycles. The average Bonchev–Trinajstić information content (AvgIpc) is 3.00. The molecule has 1 aromatic heterocycles. The molecule has 0 spiro atoms. The number of piperidine rings is 1. The third-order valence-electron chi connectivity index (χ3n) is 8.83. The van der Waals surface area contributed by atoms with Gasteiger partial charge in [-0.05, 0) is 82.5 Å². The van der Waals surface area contributed by atoms with Gasteiger partial charge in [-0.15, -0.1) is 0 Å². The van der Waals surface area contributed by atoms with Crippen molar-refractivity contribution in [3.63, 3.8) is 0 Å². The largest absolute Gasteiger partial charge is 0.333 e. The van der Waals surface area contributed by atoms with E-state index in [0.717, 1.165) is 38.8 Å². The van der Waals surface area contributed by atoms with Crippen LogP contribution in [-0.4, -0.2) is 50.9 Å². The molecule has 2 aromatic carbocycles. The SMILES string of the molecule is CCCCCCCCCC(=O)N(CCCN1CCCCC1C)C(C)c1nc2ccccc2c(=O)n1-c1ccc(F)cc1. The Morgan fingerprint density at radius 2 is 1.71 bits per heavy atom. The van der Waals surface area contributed by atoms with E-state index in [1.165, 1.54) is 57.1 Å². The number of carbonyl (C=O) groups excluding carboxylic acids is 1. The van der Waals surface area contributed by atoms with Crippen molar-refractivity contribution in [3.05, 3.63) is 70.5 Å². The van der Waals surface area contributed by atoms with E-state index in [-0.39, 0.29) is 17.3 Å². The van der Waals surface area contributed by atoms with E-state index in [0.29, 0.717) is 41.4 Å². The van der Waals surface area contributed by atoms with Gasteiger partial charge in [0.25, 0.3) is 5.56 Å². The first-order chi connectivity index (χ1) is 20.4. The van der Waals surface area contributed by atoms with E-state index in [1.807, 2.05) is 30.0 Å². The van der Waals surface area contributed by atoms with Crippen LogP contribution in [0, 0.1) is 5.82 Å². The van der Waals surface area contributed by atoms with E-state index in [4.69, 9.17) is 4.98 Å². The highest BCUT2D eigenvalue weighted by atomic mass is 19.1. The fourth-order valence-electron chi connectivity index (χ4n) is 6.25. The van der Waals surface area contributed by atoms with Crippen molar-refractivity contribution < 1.29 is 9.18 Å². The highest BCUT2D eigenvalue weighted by Crippen LogP contribution is 2.25. The van der Waals surface area contributed by atoms with Gasteiger partial charge >= 0.3 is 0 Å². The summed E-state index contributed by atoms with van der Waals surface area (Å²) in [5.74, 6) is 0.244. The number of halogens is 1. The fraction of sp³-hybridized carbons (Fsp3) is 0.571. The Morgan fingerprint density at radius 1 is 1.00 bits per heavy atom. The second kappa shape index (κ2) is 16.0. The Morgan fingerprint density at radius 3 is 2.45 bits per heavy atom. The van der Waals surface area contributed by atoms with Gasteiger partial charge in [0.1, 0.15) is 11.6 Å². The number of carbonyl (C=O) groups is 1. The van der Waals surface area contributed by atoms with Gasteiger partial charge in [0.2, 0.25) is 5.91 Å². The topological polar surface area (TPSA) is 58.4 Å². The van der Waals surface area contributed by atoms with Crippen LogP contribution in [0.15, 0.2) is 53.3 Å². The summed E-state index contributed by atoms with van der Waals surface area (Å²) in [5.41, 5.74) is 0.933. The molecule has 1 saturated heterocycles. The van der Waals surface area contributed by atoms with Gasteiger partial charge in [0, 0.05) is 25.6 Å². The predicted octanol–water partition coefficient (Wildman–Crippen LogP) is 7.82. The van der Waals surface area contributed by atoms with Gasteiger partial charge in [-0.25, -0.2) is 9.37 Å². The summed E-state index contributed by atoms with van der Waals surface area (Å²) in [6.07, 6.45) is 13.2. The van der Waals surface area contributed by atoms with E-state index in [9.17, 15) is 14.0 Å². The van der Waals surface area contributed by atoms with Gasteiger partial charge in [-0.3, -0.25) is 14.2 Å². The lowest BCUT2D eigenvalue weighted by atomic mass is 10.0. The molecule has 0 radical (unpaired) electrons. The van der Waals surface area contributed by atoms with Crippen molar-refractivity contribution in [2.45, 2.75) is 110 Å². The number of para-hydroxylation sites is 1. The van der Waals surface area contributed by atoms with E-state index in [2.05, 4.69) is 18.7 Å². The molecule has 4 rings (SSSR count). The minimum atomic E-state index is -0.428. The molecule has 0 bridgehead atoms. The standard InChI is InChI=1S/C35H49FN4O2/c1-4-5-6-7-8-9-10-19-33(41)39(26-15-25-38-24-14-13-16-27(38)2)28(3)34-37-32-18-12-11-17-31(32)35(42)40(34)30-22-20-29(36)21-23-30/h11-12,17-18,20-23,27-28H,4-10,13-16,19,24-26H2,1-3H3. The van der Waals surface area contributed by atoms with Crippen molar-refractivity contribution in [2.75, 3.05) is 19.6 Å². The summed E-state index contributed by atoms with van der Waals surface area (Å²) in [6, 6.07) is 13.4. The maximum Gasteiger partial charge on any atom is 0.266 e. The third kappa shape index (κ3) is 8.27. The zero-order valence-electron chi connectivity index (χ0n) is 25.9. The molecule has 0 aliphatic carbocycles. The first kappa shape index (κ1) is 31.9. The maximum atomic E-state index is 13.8. The Kier molecular flexibility index (Phi) is 12.1. The molecule has 0 N–H and O–H groups in total. The number of hydrogen-bond donors (Lipinski definition) is 0. The Hall–Kier alpha value is -3.06. The normalized spacial score (nSPS) is 16.5. The molecular weight excluding hydrogens is 527 g/mol. The van der Waals surface area contributed by atoms with Gasteiger partial charge in [-0.1, -0.05) is 64.0 Å². The van der Waals surface area contributed by atoms with Crippen LogP contribution in [0.3, 0.4) is 0 Å². The molecule has 6 nitrogen and oxygen atoms in total. The molecule has 2 unspecified atom stereocenters. The van der Waals surface area contributed by atoms with Crippen LogP contribution < -0.4 is 5.56 Å². The van der Waals surface area contributed by atoms with Crippen molar-refractivity contribution >= 4 is 16.8 Å². The Labute approximate surface area is 250 Å². The minimum Gasteiger partial charge on any atom is -0.333 e. The van der Waals surface area contributed by atoms with E-state index >= 15 is 0 Å². The van der Waals surface area contributed by atoms with Crippen LogP contribution in [0.25, 0.3) is 16.6 Å². The first-order valence-electron chi connectivity index (χ1n) is 16.2. The monoisotopic (exact) mass is 576 g/mol. The smallest absolute Gasteiger partial charge is 0.266 e. The summed E-state index contributed by atoms with van der Waals surface area (Å²) in [5, 5.41) is 0.498. The fourth-order valence-corrected chi connectivity index (χ4v) is 6.25. The van der Waals surface area contributed by atoms with Gasteiger partial charge < -0.3 is 9.80 Å². The summed E-state index contributed by atoms with van der Waals surface area (Å²) in [7, 11) is 0. The number of unbranched alkanes of at least 4 members (excludes halogenated alkanes) is 6. The quantitative estimate of drug-likeness (QED) is 0.173. The van der Waals surface area contributed by atoms with Crippen molar-refractivity contribution in [3.8, 4) is 5.69 Å². The molecule has 1 amide bonds. The molecule has 3 aromatic rings. The number of benzene rings is 2. The number of fused-ring (bicyclic) bond motifs is 1. The zero-order valence-corrected chi connectivity index (χ0v) is 25.9. The van der Waals surface area contributed by atoms with Crippen LogP contribution in [0.5, 0.6) is 0 Å². The van der Waals surface area contributed by atoms with Crippen molar-refractivity contribution in [1.29, 1.82) is 0 Å². The predicted molar refractivity (Wildman–Crippen MR) is 170 cm³/mol. The van der Waals surface area contributed by atoms with Crippen LogP contribution in [0.1, 0.15) is 110 Å². The number of aromatic nitrogens is 2. The Balaban J connectivity index is 1.60. The highest BCUT2D eigenvalue weighted by molar-refractivity contribution is 5.79. The lowest BCUT2D eigenvalue weighted by Gasteiger charge is -2.35. The second-order valence-electron chi connectivity index (χ2n) is 12.0. The first-order valence-corrected chi connectivity index (χ1v) is 16.2. The number of hydrogen-bond acceptors (Lipinski definition) is 4. The molecule has 7 heteroatoms. The molecular formula is C35H49FN4O2. The molecule has 1 aliphatic rings. The van der Waals surface area contributed by atoms with Crippen LogP contribution in [-0.2, 0) is 4.79 Å². The van der Waals surface area contributed by atoms with Gasteiger partial charge in [0.15, 0.2) is 0 Å². The second-order valence-corrected chi connectivity index (χ2v) is 12.0. The van der Waals surface area contributed by atoms with Crippen LogP contribution >= 0.6 is 0 Å². The number of likely N-dealkylation sites (tertiary alicyclic amines) is 1. The maximum absolute atomic E-state index is 13.8. The lowest BCUT2D eigenvalue weighted by molar-refractivity contribution is -0.133. The Bertz CT molecular complexity index is 1340. The summed E-state index contributed by atoms with van der Waals surface area (Å²) < 4.78 is 15.4. The minimum absolute atomic E-state index is 0.107. The third-order valence-corrected chi connectivity index (χ3v) is 8.83. The van der Waals surface area contributed by atoms with Crippen molar-refractivity contribution in [2.24, 2.45) is 0 Å². The van der Waals surface area contributed by atoms with Gasteiger partial charge in [-0.2, -0.15) is 0 Å². The molecule has 228 valence electrons. The lowest BCUT2D eigenvalue weighted by Crippen LogP contribution is -2.41. The highest BCUT2D eigenvalue weighted by Gasteiger charge is 2.27. The average molecular weight is 577 g/mol. The number of rotatable bonds is 15. The molecule has 0 saturated carbocycles. The summed E-state index contributed by atoms with van der Waals surface area (Å²) in [6.45, 7) is 9.16. The molecule has 1 aliphatic heterocycles. The molecule has 2 atom stereocenters. The summed E-state index contributed by atoms with van der Waals surface area (Å²) >= 11 is 0. The number of amides is 1. The van der Waals surface area contributed by atoms with E-state index in [1.54, 1.807) is 22.8 Å².